The number of aliphatic hydroxyl groups excluding tert-OH is 5. The van der Waals surface area contributed by atoms with E-state index < -0.39 is 37.0 Å². The van der Waals surface area contributed by atoms with Crippen molar-refractivity contribution in [1.29, 1.82) is 0 Å². The van der Waals surface area contributed by atoms with E-state index in [-0.39, 0.29) is 0 Å². The molecule has 0 saturated carbocycles. The van der Waals surface area contributed by atoms with Crippen molar-refractivity contribution in [1.82, 2.24) is 0 Å². The van der Waals surface area contributed by atoms with Crippen LogP contribution in [0.4, 0.5) is 0 Å². The predicted molar refractivity (Wildman–Crippen MR) is 34.9 cm³/mol. The first-order valence-electron chi connectivity index (χ1n) is 3.66. The Labute approximate surface area is 68.0 Å². The van der Waals surface area contributed by atoms with Gasteiger partial charge >= 0.3 is 6.29 Å². The lowest BCUT2D eigenvalue weighted by atomic mass is 10.0. The molecule has 2 rings (SSSR count). The molecule has 0 amide bonds. The fourth-order valence-corrected chi connectivity index (χ4v) is 1.59. The molecule has 2 heterocycles. The molecule has 6 heteroatoms. The van der Waals surface area contributed by atoms with Gasteiger partial charge in [0, 0.05) is 0 Å². The van der Waals surface area contributed by atoms with E-state index >= 15 is 0 Å². The molecule has 0 aromatic rings. The molecule has 0 bridgehead atoms. The second-order valence-corrected chi connectivity index (χ2v) is 3.13. The highest BCUT2D eigenvalue weighted by atomic mass is 16.9. The Morgan fingerprint density at radius 1 is 0.667 bits per heavy atom. The molecule has 6 nitrogen and oxygen atoms in total. The van der Waals surface area contributed by atoms with Crippen molar-refractivity contribution in [3.63, 3.8) is 0 Å². The molecule has 0 aromatic heterocycles. The third-order valence-electron chi connectivity index (χ3n) is 2.40. The topological polar surface area (TPSA) is 104 Å². The summed E-state index contributed by atoms with van der Waals surface area (Å²) in [4.78, 5) is 0. The van der Waals surface area contributed by atoms with E-state index in [1.807, 2.05) is 4.37 Å². The molecule has 0 aromatic carbocycles. The molecule has 2 saturated heterocycles. The summed E-state index contributed by atoms with van der Waals surface area (Å²) in [7, 11) is 0. The van der Waals surface area contributed by atoms with Crippen molar-refractivity contribution in [2.24, 2.45) is 0 Å². The summed E-state index contributed by atoms with van der Waals surface area (Å²) in [5.74, 6) is 0. The molecule has 5 N–H and O–H groups in total. The zero-order valence-corrected chi connectivity index (χ0v) is 6.11. The van der Waals surface area contributed by atoms with Crippen molar-refractivity contribution in [3.05, 3.63) is 0 Å². The second-order valence-electron chi connectivity index (χ2n) is 3.13. The summed E-state index contributed by atoms with van der Waals surface area (Å²) >= 11 is 0. The lowest BCUT2D eigenvalue weighted by Gasteiger charge is -2.26. The molecular weight excluding hydrogens is 168 g/mol. The van der Waals surface area contributed by atoms with E-state index in [1.165, 1.54) is 0 Å². The van der Waals surface area contributed by atoms with Crippen LogP contribution in [0, 0.1) is 0 Å². The van der Waals surface area contributed by atoms with Crippen molar-refractivity contribution in [2.75, 3.05) is 0 Å². The van der Waals surface area contributed by atoms with Gasteiger partial charge in [0.2, 0.25) is 0 Å². The lowest BCUT2D eigenvalue weighted by Crippen LogP contribution is -2.52. The van der Waals surface area contributed by atoms with Crippen molar-refractivity contribution in [2.45, 2.75) is 37.0 Å². The molecule has 6 atom stereocenters. The van der Waals surface area contributed by atoms with Crippen LogP contribution in [0.1, 0.15) is 0 Å². The molecule has 0 spiro atoms. The summed E-state index contributed by atoms with van der Waals surface area (Å²) in [5.41, 5.74) is 0. The Bertz CT molecular complexity index is 147. The normalized spacial score (nSPS) is 59.8. The Morgan fingerprint density at radius 2 is 1.25 bits per heavy atom. The van der Waals surface area contributed by atoms with Crippen LogP contribution in [0.15, 0.2) is 0 Å². The van der Waals surface area contributed by atoms with Gasteiger partial charge < -0.3 is 29.9 Å². The maximum atomic E-state index is 9.20. The molecule has 12 heavy (non-hydrogen) atoms. The van der Waals surface area contributed by atoms with Gasteiger partial charge in [-0.05, 0) is 0 Å². The van der Waals surface area contributed by atoms with Crippen LogP contribution in [0.25, 0.3) is 0 Å². The largest absolute Gasteiger partial charge is 0.387 e. The molecule has 2 fully saturated rings. The standard InChI is InChI=1S/C6H11O6/c7-1-2(8)4-6(11)12(4)5(10)3(1)9/h1-11H/q+1/t1-,2-,3-,4-,5-,6+/m0/s1. The first kappa shape index (κ1) is 8.36. The summed E-state index contributed by atoms with van der Waals surface area (Å²) in [6.07, 6.45) is -7.24. The van der Waals surface area contributed by atoms with E-state index in [0.717, 1.165) is 0 Å². The van der Waals surface area contributed by atoms with Crippen LogP contribution in [0.2, 0.25) is 0 Å². The van der Waals surface area contributed by atoms with Crippen LogP contribution in [-0.2, 0) is 4.37 Å². The van der Waals surface area contributed by atoms with E-state index in [9.17, 15) is 5.11 Å². The van der Waals surface area contributed by atoms with Crippen LogP contribution in [0.3, 0.4) is 0 Å². The zero-order valence-electron chi connectivity index (χ0n) is 6.11. The quantitative estimate of drug-likeness (QED) is 0.197. The van der Waals surface area contributed by atoms with Gasteiger partial charge in [-0.1, -0.05) is 0 Å². The number of hydrogen-bond donors (Lipinski definition) is 5. The van der Waals surface area contributed by atoms with Crippen LogP contribution < -0.4 is 0 Å². The second kappa shape index (κ2) is 2.38. The maximum Gasteiger partial charge on any atom is 0.342 e. The van der Waals surface area contributed by atoms with Crippen LogP contribution in [-0.4, -0.2) is 62.5 Å². The molecule has 70 valence electrons. The highest BCUT2D eigenvalue weighted by Gasteiger charge is 2.72. The van der Waals surface area contributed by atoms with Gasteiger partial charge in [-0.25, -0.2) is 0 Å². The number of epoxide rings is 1. The van der Waals surface area contributed by atoms with E-state index in [4.69, 9.17) is 20.4 Å². The smallest absolute Gasteiger partial charge is 0.342 e. The van der Waals surface area contributed by atoms with E-state index in [1.54, 1.807) is 0 Å². The molecular formula is C6H11O6+. The van der Waals surface area contributed by atoms with Gasteiger partial charge in [0.25, 0.3) is 12.4 Å². The predicted octanol–water partition coefficient (Wildman–Crippen LogP) is -3.35. The zero-order chi connectivity index (χ0) is 9.04. The SMILES string of the molecule is O[C@H]1[C@H](O)[C@H]2[C@H](O)[O+]2[C@H](O)[C@H]1O. The summed E-state index contributed by atoms with van der Waals surface area (Å²) in [6, 6.07) is 0. The average Bonchev–Trinajstić information content (AvgIpc) is 2.70. The van der Waals surface area contributed by atoms with Crippen molar-refractivity contribution < 1.29 is 29.9 Å². The fourth-order valence-electron chi connectivity index (χ4n) is 1.59. The minimum atomic E-state index is -1.46. The van der Waals surface area contributed by atoms with Gasteiger partial charge in [-0.15, -0.1) is 0 Å². The van der Waals surface area contributed by atoms with Crippen molar-refractivity contribution in [3.8, 4) is 0 Å². The van der Waals surface area contributed by atoms with Gasteiger partial charge in [0.15, 0.2) is 12.2 Å². The van der Waals surface area contributed by atoms with Crippen molar-refractivity contribution >= 4 is 0 Å². The van der Waals surface area contributed by atoms with Gasteiger partial charge in [0.05, 0.1) is 0 Å². The molecule has 2 aliphatic heterocycles. The molecule has 2 aliphatic rings. The average molecular weight is 179 g/mol. The summed E-state index contributed by atoms with van der Waals surface area (Å²) in [5, 5.41) is 45.6. The number of rotatable bonds is 0. The van der Waals surface area contributed by atoms with Crippen LogP contribution >= 0.6 is 0 Å². The first-order valence-corrected chi connectivity index (χ1v) is 3.66. The van der Waals surface area contributed by atoms with Gasteiger partial charge in [-0.3, -0.25) is 0 Å². The fraction of sp³-hybridized carbons (Fsp3) is 1.00. The van der Waals surface area contributed by atoms with Crippen LogP contribution in [0.5, 0.6) is 0 Å². The van der Waals surface area contributed by atoms with Gasteiger partial charge in [-0.2, -0.15) is 0 Å². The van der Waals surface area contributed by atoms with Gasteiger partial charge in [0.1, 0.15) is 6.10 Å². The monoisotopic (exact) mass is 179 g/mol. The number of hydrogen-bond acceptors (Lipinski definition) is 5. The maximum absolute atomic E-state index is 9.20. The minimum Gasteiger partial charge on any atom is -0.387 e. The van der Waals surface area contributed by atoms with E-state index in [0.29, 0.717) is 0 Å². The number of aliphatic hydroxyl groups is 5. The Hall–Kier alpha value is -0.240. The Kier molecular flexibility index (Phi) is 1.66. The molecule has 0 radical (unpaired) electrons. The number of fused-ring (bicyclic) bond motifs is 1. The first-order chi connectivity index (χ1) is 5.55. The summed E-state index contributed by atoms with van der Waals surface area (Å²) < 4.78 is 1.95. The molecule has 0 unspecified atom stereocenters. The Balaban J connectivity index is 2.17. The third-order valence-corrected chi connectivity index (χ3v) is 2.40. The highest BCUT2D eigenvalue weighted by Crippen LogP contribution is 2.43. The Morgan fingerprint density at radius 3 is 1.83 bits per heavy atom. The molecule has 0 aliphatic carbocycles. The lowest BCUT2D eigenvalue weighted by molar-refractivity contribution is -0.292. The third kappa shape index (κ3) is 0.846. The minimum absolute atomic E-state index is 0.724. The van der Waals surface area contributed by atoms with E-state index in [2.05, 4.69) is 0 Å². The summed E-state index contributed by atoms with van der Waals surface area (Å²) in [6.45, 7) is 0. The highest BCUT2D eigenvalue weighted by molar-refractivity contribution is 5.01.